The highest BCUT2D eigenvalue weighted by Crippen LogP contribution is 2.04. The van der Waals surface area contributed by atoms with Crippen molar-refractivity contribution < 1.29 is 4.74 Å². The van der Waals surface area contributed by atoms with Gasteiger partial charge < -0.3 is 10.1 Å². The molecule has 0 bridgehead atoms. The van der Waals surface area contributed by atoms with Crippen molar-refractivity contribution in [2.24, 2.45) is 5.92 Å². The maximum absolute atomic E-state index is 5.50. The standard InChI is InChI=1S/C13H22N2O/c1-11(2)10-16-8-4-6-14-13-9-12(3)5-7-15-13/h5,7,9,11H,4,6,8,10H2,1-3H3,(H,14,15). The van der Waals surface area contributed by atoms with Crippen molar-refractivity contribution >= 4 is 5.82 Å². The smallest absolute Gasteiger partial charge is 0.126 e. The third-order valence-electron chi connectivity index (χ3n) is 2.14. The average molecular weight is 222 g/mol. The molecule has 1 rings (SSSR count). The molecule has 1 heterocycles. The largest absolute Gasteiger partial charge is 0.381 e. The first kappa shape index (κ1) is 13.0. The van der Waals surface area contributed by atoms with Crippen molar-refractivity contribution in [3.8, 4) is 0 Å². The first-order valence-electron chi connectivity index (χ1n) is 5.93. The van der Waals surface area contributed by atoms with Crippen molar-refractivity contribution in [3.63, 3.8) is 0 Å². The van der Waals surface area contributed by atoms with E-state index in [1.807, 2.05) is 12.3 Å². The highest BCUT2D eigenvalue weighted by molar-refractivity contribution is 5.36. The van der Waals surface area contributed by atoms with Gasteiger partial charge in [0.25, 0.3) is 0 Å². The van der Waals surface area contributed by atoms with Crippen LogP contribution < -0.4 is 5.32 Å². The lowest BCUT2D eigenvalue weighted by molar-refractivity contribution is 0.110. The van der Waals surface area contributed by atoms with E-state index >= 15 is 0 Å². The number of hydrogen-bond acceptors (Lipinski definition) is 3. The normalized spacial score (nSPS) is 10.8. The van der Waals surface area contributed by atoms with Crippen molar-refractivity contribution in [2.45, 2.75) is 27.2 Å². The van der Waals surface area contributed by atoms with Crippen LogP contribution in [0, 0.1) is 12.8 Å². The summed E-state index contributed by atoms with van der Waals surface area (Å²) in [5.41, 5.74) is 1.23. The van der Waals surface area contributed by atoms with Crippen LogP contribution in [0.5, 0.6) is 0 Å². The number of nitrogens with zero attached hydrogens (tertiary/aromatic N) is 1. The van der Waals surface area contributed by atoms with E-state index in [2.05, 4.69) is 37.1 Å². The van der Waals surface area contributed by atoms with Gasteiger partial charge in [-0.05, 0) is 37.0 Å². The summed E-state index contributed by atoms with van der Waals surface area (Å²) >= 11 is 0. The van der Waals surface area contributed by atoms with Crippen LogP contribution in [0.1, 0.15) is 25.8 Å². The molecule has 0 aliphatic rings. The molecule has 0 fully saturated rings. The van der Waals surface area contributed by atoms with E-state index in [-0.39, 0.29) is 0 Å². The van der Waals surface area contributed by atoms with Gasteiger partial charge in [0.05, 0.1) is 0 Å². The first-order chi connectivity index (χ1) is 7.68. The molecule has 0 unspecified atom stereocenters. The molecule has 3 nitrogen and oxygen atoms in total. The number of rotatable bonds is 7. The SMILES string of the molecule is Cc1ccnc(NCCCOCC(C)C)c1. The first-order valence-corrected chi connectivity index (χ1v) is 5.93. The summed E-state index contributed by atoms with van der Waals surface area (Å²) in [6.07, 6.45) is 2.84. The summed E-state index contributed by atoms with van der Waals surface area (Å²) in [5.74, 6) is 1.57. The molecule has 1 aromatic rings. The Labute approximate surface area is 98.2 Å². The van der Waals surface area contributed by atoms with Crippen LogP contribution in [0.4, 0.5) is 5.82 Å². The second kappa shape index (κ2) is 7.23. The maximum Gasteiger partial charge on any atom is 0.126 e. The third-order valence-corrected chi connectivity index (χ3v) is 2.14. The molecule has 0 saturated heterocycles. The van der Waals surface area contributed by atoms with E-state index in [0.717, 1.165) is 32.0 Å². The minimum atomic E-state index is 0.617. The van der Waals surface area contributed by atoms with Gasteiger partial charge in [-0.2, -0.15) is 0 Å². The van der Waals surface area contributed by atoms with Crippen LogP contribution in [0.15, 0.2) is 18.3 Å². The molecule has 1 aromatic heterocycles. The summed E-state index contributed by atoms with van der Waals surface area (Å²) in [5, 5.41) is 3.28. The van der Waals surface area contributed by atoms with Gasteiger partial charge in [-0.1, -0.05) is 13.8 Å². The molecule has 0 radical (unpaired) electrons. The van der Waals surface area contributed by atoms with Crippen molar-refractivity contribution in [1.82, 2.24) is 4.98 Å². The number of pyridine rings is 1. The van der Waals surface area contributed by atoms with E-state index in [9.17, 15) is 0 Å². The molecule has 0 atom stereocenters. The van der Waals surface area contributed by atoms with Crippen LogP contribution >= 0.6 is 0 Å². The second-order valence-electron chi connectivity index (χ2n) is 4.47. The molecule has 16 heavy (non-hydrogen) atoms. The Hall–Kier alpha value is -1.09. The molecule has 0 saturated carbocycles. The molecular weight excluding hydrogens is 200 g/mol. The zero-order valence-electron chi connectivity index (χ0n) is 10.5. The Morgan fingerprint density at radius 1 is 1.44 bits per heavy atom. The number of hydrogen-bond donors (Lipinski definition) is 1. The number of ether oxygens (including phenoxy) is 1. The topological polar surface area (TPSA) is 34.2 Å². The number of aromatic nitrogens is 1. The lowest BCUT2D eigenvalue weighted by Gasteiger charge is -2.08. The molecule has 0 aliphatic heterocycles. The van der Waals surface area contributed by atoms with Crippen LogP contribution in [-0.2, 0) is 4.74 Å². The fraction of sp³-hybridized carbons (Fsp3) is 0.615. The van der Waals surface area contributed by atoms with Gasteiger partial charge in [0.2, 0.25) is 0 Å². The van der Waals surface area contributed by atoms with Gasteiger partial charge >= 0.3 is 0 Å². The van der Waals surface area contributed by atoms with Gasteiger partial charge in [-0.15, -0.1) is 0 Å². The summed E-state index contributed by atoms with van der Waals surface area (Å²) in [4.78, 5) is 4.23. The second-order valence-corrected chi connectivity index (χ2v) is 4.47. The van der Waals surface area contributed by atoms with Crippen molar-refractivity contribution in [2.75, 3.05) is 25.1 Å². The van der Waals surface area contributed by atoms with E-state index in [0.29, 0.717) is 5.92 Å². The number of anilines is 1. The van der Waals surface area contributed by atoms with Crippen LogP contribution in [0.25, 0.3) is 0 Å². The quantitative estimate of drug-likeness (QED) is 0.720. The van der Waals surface area contributed by atoms with Gasteiger partial charge in [-0.3, -0.25) is 0 Å². The molecule has 0 spiro atoms. The van der Waals surface area contributed by atoms with E-state index in [1.54, 1.807) is 0 Å². The van der Waals surface area contributed by atoms with Crippen LogP contribution in [0.3, 0.4) is 0 Å². The summed E-state index contributed by atoms with van der Waals surface area (Å²) in [6.45, 7) is 8.97. The zero-order chi connectivity index (χ0) is 11.8. The highest BCUT2D eigenvalue weighted by atomic mass is 16.5. The lowest BCUT2D eigenvalue weighted by atomic mass is 10.2. The van der Waals surface area contributed by atoms with Crippen molar-refractivity contribution in [3.05, 3.63) is 23.9 Å². The molecule has 0 aromatic carbocycles. The predicted octanol–water partition coefficient (Wildman–Crippen LogP) is 2.86. The van der Waals surface area contributed by atoms with E-state index in [4.69, 9.17) is 4.74 Å². The van der Waals surface area contributed by atoms with Gasteiger partial charge in [0.1, 0.15) is 5.82 Å². The summed E-state index contributed by atoms with van der Waals surface area (Å²) in [6, 6.07) is 4.05. The van der Waals surface area contributed by atoms with Gasteiger partial charge in [0.15, 0.2) is 0 Å². The molecule has 3 heteroatoms. The van der Waals surface area contributed by atoms with Crippen molar-refractivity contribution in [1.29, 1.82) is 0 Å². The molecule has 1 N–H and O–H groups in total. The minimum absolute atomic E-state index is 0.617. The molecule has 90 valence electrons. The number of nitrogens with one attached hydrogen (secondary N) is 1. The minimum Gasteiger partial charge on any atom is -0.381 e. The molecular formula is C13H22N2O. The Balaban J connectivity index is 2.07. The molecule has 0 amide bonds. The fourth-order valence-corrected chi connectivity index (χ4v) is 1.34. The van der Waals surface area contributed by atoms with Gasteiger partial charge in [0, 0.05) is 26.0 Å². The number of aryl methyl sites for hydroxylation is 1. The van der Waals surface area contributed by atoms with Crippen LogP contribution in [0.2, 0.25) is 0 Å². The average Bonchev–Trinajstić information content (AvgIpc) is 2.23. The Kier molecular flexibility index (Phi) is 5.86. The van der Waals surface area contributed by atoms with E-state index in [1.165, 1.54) is 5.56 Å². The monoisotopic (exact) mass is 222 g/mol. The van der Waals surface area contributed by atoms with Crippen LogP contribution in [-0.4, -0.2) is 24.7 Å². The maximum atomic E-state index is 5.50. The summed E-state index contributed by atoms with van der Waals surface area (Å²) in [7, 11) is 0. The zero-order valence-corrected chi connectivity index (χ0v) is 10.5. The fourth-order valence-electron chi connectivity index (χ4n) is 1.34. The third kappa shape index (κ3) is 5.71. The Morgan fingerprint density at radius 3 is 2.94 bits per heavy atom. The summed E-state index contributed by atoms with van der Waals surface area (Å²) < 4.78 is 5.50. The predicted molar refractivity (Wildman–Crippen MR) is 67.7 cm³/mol. The van der Waals surface area contributed by atoms with Gasteiger partial charge in [-0.25, -0.2) is 4.98 Å². The highest BCUT2D eigenvalue weighted by Gasteiger charge is 1.95. The Bertz CT molecular complexity index is 300. The molecule has 0 aliphatic carbocycles. The van der Waals surface area contributed by atoms with E-state index < -0.39 is 0 Å². The lowest BCUT2D eigenvalue weighted by Crippen LogP contribution is -2.09. The Morgan fingerprint density at radius 2 is 2.25 bits per heavy atom.